The Kier molecular flexibility index (Phi) is 6.44. The fourth-order valence-corrected chi connectivity index (χ4v) is 3.18. The minimum atomic E-state index is -0.318. The molecule has 1 amide bonds. The van der Waals surface area contributed by atoms with E-state index in [1.54, 1.807) is 17.7 Å². The van der Waals surface area contributed by atoms with Crippen molar-refractivity contribution in [3.8, 4) is 0 Å². The van der Waals surface area contributed by atoms with Gasteiger partial charge in [-0.25, -0.2) is 9.97 Å². The number of carbonyl (C=O) groups excluding carboxylic acids is 1. The summed E-state index contributed by atoms with van der Waals surface area (Å²) in [5.41, 5.74) is 1.68. The highest BCUT2D eigenvalue weighted by Crippen LogP contribution is 2.33. The first-order chi connectivity index (χ1) is 13.5. The molecular formula is C21H29N5O2. The number of nitrogens with one attached hydrogen (secondary N) is 2. The normalized spacial score (nSPS) is 13.4. The van der Waals surface area contributed by atoms with Crippen LogP contribution in [0, 0.1) is 13.8 Å². The van der Waals surface area contributed by atoms with Crippen LogP contribution in [-0.2, 0) is 6.42 Å². The van der Waals surface area contributed by atoms with E-state index in [4.69, 9.17) is 0 Å². The van der Waals surface area contributed by atoms with Crippen LogP contribution in [0.4, 0.5) is 5.82 Å². The molecule has 28 heavy (non-hydrogen) atoms. The number of hydrogen-bond acceptors (Lipinski definition) is 5. The molecule has 0 radical (unpaired) electrons. The molecule has 1 saturated carbocycles. The summed E-state index contributed by atoms with van der Waals surface area (Å²) in [4.78, 5) is 34.1. The van der Waals surface area contributed by atoms with Gasteiger partial charge in [0.15, 0.2) is 0 Å². The summed E-state index contributed by atoms with van der Waals surface area (Å²) in [5, 5.41) is 6.07. The number of nitrogens with zero attached hydrogens (tertiary/aromatic N) is 3. The highest BCUT2D eigenvalue weighted by Gasteiger charge is 2.26. The molecule has 7 heteroatoms. The maximum atomic E-state index is 12.6. The molecule has 2 N–H and O–H groups in total. The lowest BCUT2D eigenvalue weighted by molar-refractivity contribution is 0.0952. The second-order valence-electron chi connectivity index (χ2n) is 7.41. The summed E-state index contributed by atoms with van der Waals surface area (Å²) >= 11 is 0. The van der Waals surface area contributed by atoms with Gasteiger partial charge < -0.3 is 15.2 Å². The molecular weight excluding hydrogens is 354 g/mol. The first kappa shape index (κ1) is 20.0. The van der Waals surface area contributed by atoms with E-state index in [-0.39, 0.29) is 23.1 Å². The highest BCUT2D eigenvalue weighted by molar-refractivity contribution is 5.95. The van der Waals surface area contributed by atoms with E-state index < -0.39 is 0 Å². The second kappa shape index (κ2) is 8.99. The van der Waals surface area contributed by atoms with Crippen LogP contribution in [0.5, 0.6) is 0 Å². The van der Waals surface area contributed by atoms with E-state index >= 15 is 0 Å². The van der Waals surface area contributed by atoms with Gasteiger partial charge in [0.05, 0.1) is 0 Å². The molecule has 0 saturated heterocycles. The van der Waals surface area contributed by atoms with Gasteiger partial charge in [-0.1, -0.05) is 13.3 Å². The number of rotatable bonds is 9. The van der Waals surface area contributed by atoms with Crippen LogP contribution in [0.1, 0.15) is 66.1 Å². The quantitative estimate of drug-likeness (QED) is 0.650. The maximum Gasteiger partial charge on any atom is 0.263 e. The molecule has 2 heterocycles. The van der Waals surface area contributed by atoms with Crippen molar-refractivity contribution in [2.45, 2.75) is 58.9 Å². The standard InChI is InChI=1S/C21H29N5O2/c1-4-5-6-17-24-15(3)13-18(25-17)22-10-11-23-20(27)19-14(2)9-12-26(21(19)28)16-7-8-16/h9,12-13,16H,4-8,10-11H2,1-3H3,(H,23,27)(H,22,24,25). The van der Waals surface area contributed by atoms with Gasteiger partial charge in [0.25, 0.3) is 11.5 Å². The van der Waals surface area contributed by atoms with Crippen molar-refractivity contribution in [2.75, 3.05) is 18.4 Å². The van der Waals surface area contributed by atoms with Gasteiger partial charge in [0, 0.05) is 43.5 Å². The fraction of sp³-hybridized carbons (Fsp3) is 0.524. The second-order valence-corrected chi connectivity index (χ2v) is 7.41. The van der Waals surface area contributed by atoms with Gasteiger partial charge in [0.2, 0.25) is 0 Å². The van der Waals surface area contributed by atoms with Gasteiger partial charge in [-0.3, -0.25) is 9.59 Å². The van der Waals surface area contributed by atoms with E-state index in [0.717, 1.165) is 49.4 Å². The Morgan fingerprint density at radius 3 is 2.75 bits per heavy atom. The van der Waals surface area contributed by atoms with Crippen LogP contribution in [-0.4, -0.2) is 33.5 Å². The molecule has 0 spiro atoms. The van der Waals surface area contributed by atoms with Gasteiger partial charge in [-0.05, 0) is 44.7 Å². The Balaban J connectivity index is 1.56. The number of pyridine rings is 1. The molecule has 0 unspecified atom stereocenters. The van der Waals surface area contributed by atoms with Crippen LogP contribution in [0.25, 0.3) is 0 Å². The average Bonchev–Trinajstić information content (AvgIpc) is 3.48. The zero-order valence-electron chi connectivity index (χ0n) is 16.9. The number of carbonyl (C=O) groups is 1. The van der Waals surface area contributed by atoms with Crippen molar-refractivity contribution in [3.63, 3.8) is 0 Å². The molecule has 0 bridgehead atoms. The molecule has 2 aromatic heterocycles. The van der Waals surface area contributed by atoms with Gasteiger partial charge in [-0.2, -0.15) is 0 Å². The molecule has 2 aromatic rings. The predicted octanol–water partition coefficient (Wildman–Crippen LogP) is 2.77. The number of aromatic nitrogens is 3. The molecule has 0 atom stereocenters. The summed E-state index contributed by atoms with van der Waals surface area (Å²) in [6.07, 6.45) is 6.84. The first-order valence-electron chi connectivity index (χ1n) is 10.1. The summed E-state index contributed by atoms with van der Waals surface area (Å²) < 4.78 is 1.68. The Bertz CT molecular complexity index is 902. The number of hydrogen-bond donors (Lipinski definition) is 2. The Morgan fingerprint density at radius 1 is 1.25 bits per heavy atom. The zero-order valence-corrected chi connectivity index (χ0v) is 16.9. The average molecular weight is 383 g/mol. The van der Waals surface area contributed by atoms with Crippen LogP contribution in [0.15, 0.2) is 23.1 Å². The molecule has 0 aromatic carbocycles. The lowest BCUT2D eigenvalue weighted by Gasteiger charge is -2.12. The lowest BCUT2D eigenvalue weighted by Crippen LogP contribution is -2.36. The smallest absolute Gasteiger partial charge is 0.263 e. The monoisotopic (exact) mass is 383 g/mol. The van der Waals surface area contributed by atoms with Gasteiger partial charge >= 0.3 is 0 Å². The summed E-state index contributed by atoms with van der Waals surface area (Å²) in [6, 6.07) is 3.99. The van der Waals surface area contributed by atoms with Crippen LogP contribution >= 0.6 is 0 Å². The van der Waals surface area contributed by atoms with E-state index in [1.165, 1.54) is 0 Å². The van der Waals surface area contributed by atoms with Crippen molar-refractivity contribution in [1.82, 2.24) is 19.9 Å². The predicted molar refractivity (Wildman–Crippen MR) is 110 cm³/mol. The Labute approximate surface area is 165 Å². The third kappa shape index (κ3) is 4.97. The SMILES string of the molecule is CCCCc1nc(C)cc(NCCNC(=O)c2c(C)ccn(C3CC3)c2=O)n1. The minimum Gasteiger partial charge on any atom is -0.368 e. The topological polar surface area (TPSA) is 88.9 Å². The van der Waals surface area contributed by atoms with Crippen molar-refractivity contribution in [1.29, 1.82) is 0 Å². The molecule has 1 fully saturated rings. The third-order valence-electron chi connectivity index (χ3n) is 4.87. The fourth-order valence-electron chi connectivity index (χ4n) is 3.18. The lowest BCUT2D eigenvalue weighted by atomic mass is 10.1. The van der Waals surface area contributed by atoms with Crippen molar-refractivity contribution in [3.05, 3.63) is 51.3 Å². The van der Waals surface area contributed by atoms with E-state index in [0.29, 0.717) is 18.7 Å². The third-order valence-corrected chi connectivity index (χ3v) is 4.87. The summed E-state index contributed by atoms with van der Waals surface area (Å²) in [6.45, 7) is 6.83. The van der Waals surface area contributed by atoms with Crippen LogP contribution in [0.3, 0.4) is 0 Å². The molecule has 7 nitrogen and oxygen atoms in total. The van der Waals surface area contributed by atoms with Gasteiger partial charge in [-0.15, -0.1) is 0 Å². The molecule has 1 aliphatic carbocycles. The molecule has 3 rings (SSSR count). The molecule has 150 valence electrons. The largest absolute Gasteiger partial charge is 0.368 e. The number of aryl methyl sites for hydroxylation is 3. The Morgan fingerprint density at radius 2 is 2.04 bits per heavy atom. The summed E-state index contributed by atoms with van der Waals surface area (Å²) in [5.74, 6) is 1.29. The number of amides is 1. The van der Waals surface area contributed by atoms with E-state index in [1.807, 2.05) is 19.1 Å². The first-order valence-corrected chi connectivity index (χ1v) is 10.1. The molecule has 0 aliphatic heterocycles. The van der Waals surface area contributed by atoms with E-state index in [9.17, 15) is 9.59 Å². The minimum absolute atomic E-state index is 0.194. The summed E-state index contributed by atoms with van der Waals surface area (Å²) in [7, 11) is 0. The van der Waals surface area contributed by atoms with Crippen molar-refractivity contribution < 1.29 is 4.79 Å². The van der Waals surface area contributed by atoms with Crippen LogP contribution < -0.4 is 16.2 Å². The van der Waals surface area contributed by atoms with E-state index in [2.05, 4.69) is 27.5 Å². The van der Waals surface area contributed by atoms with Gasteiger partial charge in [0.1, 0.15) is 17.2 Å². The highest BCUT2D eigenvalue weighted by atomic mass is 16.2. The van der Waals surface area contributed by atoms with Crippen LogP contribution in [0.2, 0.25) is 0 Å². The Hall–Kier alpha value is -2.70. The zero-order chi connectivity index (χ0) is 20.1. The maximum absolute atomic E-state index is 12.6. The van der Waals surface area contributed by atoms with Crippen molar-refractivity contribution in [2.24, 2.45) is 0 Å². The number of unbranched alkanes of at least 4 members (excludes halogenated alkanes) is 1. The molecule has 1 aliphatic rings. The number of anilines is 1. The van der Waals surface area contributed by atoms with Crippen molar-refractivity contribution >= 4 is 11.7 Å².